The molecule has 1 aromatic rings. The third-order valence-electron chi connectivity index (χ3n) is 4.91. The quantitative estimate of drug-likeness (QED) is 0.220. The first-order valence-corrected chi connectivity index (χ1v) is 10.4. The van der Waals surface area contributed by atoms with Gasteiger partial charge in [-0.1, -0.05) is 38.3 Å². The number of rotatable bonds is 15. The Labute approximate surface area is 173 Å². The molecule has 0 saturated carbocycles. The van der Waals surface area contributed by atoms with E-state index in [0.29, 0.717) is 31.7 Å². The Morgan fingerprint density at radius 2 is 1.76 bits per heavy atom. The first-order chi connectivity index (χ1) is 13.9. The van der Waals surface area contributed by atoms with Gasteiger partial charge in [-0.3, -0.25) is 9.69 Å². The molecule has 7 N–H and O–H groups in total. The van der Waals surface area contributed by atoms with E-state index in [2.05, 4.69) is 12.2 Å². The molecule has 8 heteroatoms. The number of nitrogens with two attached hydrogens (primary N) is 1. The average molecular weight is 412 g/mol. The third-order valence-corrected chi connectivity index (χ3v) is 4.91. The summed E-state index contributed by atoms with van der Waals surface area (Å²) >= 11 is 0. The summed E-state index contributed by atoms with van der Waals surface area (Å²) in [5.74, 6) is -0.184. The van der Waals surface area contributed by atoms with Gasteiger partial charge in [-0.05, 0) is 30.7 Å². The van der Waals surface area contributed by atoms with Gasteiger partial charge in [0.05, 0.1) is 12.7 Å². The number of aliphatic hydroxyl groups excluding tert-OH is 4. The molecule has 0 radical (unpaired) electrons. The lowest BCUT2D eigenvalue weighted by atomic mass is 10.1. The maximum atomic E-state index is 12.3. The standard InChI is InChI=1S/C21H37N3O5/c1-2-3-4-5-11-24(14-18(26)20(28)19(27)15-25)12-10-23-21(29)17-8-6-16(13-22)7-9-17/h6-9,18-20,25-28H,2-5,10-15,22H2,1H3,(H,23,29)/t18-,19+,20+/m0/s1. The van der Waals surface area contributed by atoms with Crippen LogP contribution in [0.1, 0.15) is 48.5 Å². The van der Waals surface area contributed by atoms with E-state index in [-0.39, 0.29) is 12.5 Å². The third kappa shape index (κ3) is 9.66. The number of nitrogens with zero attached hydrogens (tertiary/aromatic N) is 1. The molecule has 0 unspecified atom stereocenters. The number of hydrogen-bond donors (Lipinski definition) is 6. The topological polar surface area (TPSA) is 139 Å². The number of carbonyl (C=O) groups excluding carboxylic acids is 1. The van der Waals surface area contributed by atoms with Crippen LogP contribution in [0.5, 0.6) is 0 Å². The van der Waals surface area contributed by atoms with Crippen molar-refractivity contribution in [1.82, 2.24) is 10.2 Å². The highest BCUT2D eigenvalue weighted by atomic mass is 16.4. The fourth-order valence-electron chi connectivity index (χ4n) is 3.02. The van der Waals surface area contributed by atoms with Gasteiger partial charge in [0.25, 0.3) is 5.91 Å². The number of aliphatic hydroxyl groups is 4. The van der Waals surface area contributed by atoms with Crippen LogP contribution in [0.4, 0.5) is 0 Å². The summed E-state index contributed by atoms with van der Waals surface area (Å²) in [5, 5.41) is 41.4. The van der Waals surface area contributed by atoms with Gasteiger partial charge in [0.15, 0.2) is 0 Å². The molecule has 1 amide bonds. The monoisotopic (exact) mass is 411 g/mol. The first-order valence-electron chi connectivity index (χ1n) is 10.4. The minimum absolute atomic E-state index is 0.144. The molecule has 0 aliphatic rings. The highest BCUT2D eigenvalue weighted by Gasteiger charge is 2.25. The lowest BCUT2D eigenvalue weighted by Gasteiger charge is -2.29. The van der Waals surface area contributed by atoms with Crippen LogP contribution in [0.25, 0.3) is 0 Å². The Morgan fingerprint density at radius 3 is 2.34 bits per heavy atom. The molecular formula is C21H37N3O5. The van der Waals surface area contributed by atoms with Crippen LogP contribution in [-0.2, 0) is 6.54 Å². The summed E-state index contributed by atoms with van der Waals surface area (Å²) in [4.78, 5) is 14.2. The Balaban J connectivity index is 2.54. The van der Waals surface area contributed by atoms with Crippen molar-refractivity contribution < 1.29 is 25.2 Å². The molecule has 29 heavy (non-hydrogen) atoms. The van der Waals surface area contributed by atoms with Crippen LogP contribution in [0.3, 0.4) is 0 Å². The van der Waals surface area contributed by atoms with Crippen molar-refractivity contribution in [3.63, 3.8) is 0 Å². The molecule has 0 aromatic heterocycles. The van der Waals surface area contributed by atoms with Crippen molar-refractivity contribution in [3.05, 3.63) is 35.4 Å². The summed E-state index contributed by atoms with van der Waals surface area (Å²) in [6, 6.07) is 7.10. The fourth-order valence-corrected chi connectivity index (χ4v) is 3.02. The minimum Gasteiger partial charge on any atom is -0.394 e. The van der Waals surface area contributed by atoms with Gasteiger partial charge in [0.2, 0.25) is 0 Å². The molecule has 0 aliphatic carbocycles. The van der Waals surface area contributed by atoms with Gasteiger partial charge in [0.1, 0.15) is 12.2 Å². The summed E-state index contributed by atoms with van der Waals surface area (Å²) in [6.45, 7) is 3.67. The van der Waals surface area contributed by atoms with Crippen LogP contribution in [0.2, 0.25) is 0 Å². The van der Waals surface area contributed by atoms with Gasteiger partial charge in [-0.25, -0.2) is 0 Å². The van der Waals surface area contributed by atoms with Gasteiger partial charge in [-0.15, -0.1) is 0 Å². The smallest absolute Gasteiger partial charge is 0.251 e. The molecule has 0 bridgehead atoms. The zero-order valence-electron chi connectivity index (χ0n) is 17.3. The number of amides is 1. The molecule has 1 rings (SSSR count). The van der Waals surface area contributed by atoms with Gasteiger partial charge in [-0.2, -0.15) is 0 Å². The molecule has 8 nitrogen and oxygen atoms in total. The number of nitrogens with one attached hydrogen (secondary N) is 1. The summed E-state index contributed by atoms with van der Waals surface area (Å²) < 4.78 is 0. The van der Waals surface area contributed by atoms with E-state index >= 15 is 0 Å². The number of benzene rings is 1. The van der Waals surface area contributed by atoms with Crippen molar-refractivity contribution in [2.75, 3.05) is 32.8 Å². The second kappa shape index (κ2) is 14.4. The van der Waals surface area contributed by atoms with Crippen molar-refractivity contribution in [2.45, 2.75) is 57.5 Å². The maximum Gasteiger partial charge on any atom is 0.251 e. The van der Waals surface area contributed by atoms with E-state index in [0.717, 1.165) is 31.2 Å². The van der Waals surface area contributed by atoms with Crippen LogP contribution in [0, 0.1) is 0 Å². The molecule has 166 valence electrons. The molecule has 0 aliphatic heterocycles. The van der Waals surface area contributed by atoms with E-state index in [1.54, 1.807) is 12.1 Å². The Bertz CT molecular complexity index is 570. The fraction of sp³-hybridized carbons (Fsp3) is 0.667. The predicted octanol–water partition coefficient (Wildman–Crippen LogP) is -0.168. The second-order valence-electron chi connectivity index (χ2n) is 7.33. The summed E-state index contributed by atoms with van der Waals surface area (Å²) in [7, 11) is 0. The highest BCUT2D eigenvalue weighted by molar-refractivity contribution is 5.94. The minimum atomic E-state index is -1.42. The van der Waals surface area contributed by atoms with Crippen molar-refractivity contribution in [3.8, 4) is 0 Å². The van der Waals surface area contributed by atoms with E-state index in [1.807, 2.05) is 17.0 Å². The summed E-state index contributed by atoms with van der Waals surface area (Å²) in [5.41, 5.74) is 7.07. The predicted molar refractivity (Wildman–Crippen MR) is 112 cm³/mol. The Hall–Kier alpha value is -1.55. The van der Waals surface area contributed by atoms with Crippen molar-refractivity contribution in [2.24, 2.45) is 5.73 Å². The lowest BCUT2D eigenvalue weighted by molar-refractivity contribution is -0.0840. The van der Waals surface area contributed by atoms with E-state index in [9.17, 15) is 20.1 Å². The van der Waals surface area contributed by atoms with Crippen LogP contribution >= 0.6 is 0 Å². The van der Waals surface area contributed by atoms with E-state index < -0.39 is 24.9 Å². The van der Waals surface area contributed by atoms with Crippen molar-refractivity contribution in [1.29, 1.82) is 0 Å². The van der Waals surface area contributed by atoms with Crippen LogP contribution < -0.4 is 11.1 Å². The second-order valence-corrected chi connectivity index (χ2v) is 7.33. The number of unbranched alkanes of at least 4 members (excludes halogenated alkanes) is 3. The van der Waals surface area contributed by atoms with Gasteiger partial charge < -0.3 is 31.5 Å². The molecule has 0 heterocycles. The molecule has 0 fully saturated rings. The molecule has 0 spiro atoms. The summed E-state index contributed by atoms with van der Waals surface area (Å²) in [6.07, 6.45) is 0.235. The normalized spacial score (nSPS) is 14.6. The molecule has 3 atom stereocenters. The average Bonchev–Trinajstić information content (AvgIpc) is 2.75. The maximum absolute atomic E-state index is 12.3. The van der Waals surface area contributed by atoms with E-state index in [4.69, 9.17) is 10.8 Å². The zero-order chi connectivity index (χ0) is 21.6. The van der Waals surface area contributed by atoms with Crippen molar-refractivity contribution >= 4 is 5.91 Å². The van der Waals surface area contributed by atoms with Crippen LogP contribution in [-0.4, -0.2) is 82.3 Å². The molecule has 0 saturated heterocycles. The zero-order valence-corrected chi connectivity index (χ0v) is 17.3. The number of carbonyl (C=O) groups is 1. The SMILES string of the molecule is CCCCCCN(CCNC(=O)c1ccc(CN)cc1)C[C@H](O)[C@@H](O)[C@H](O)CO. The largest absolute Gasteiger partial charge is 0.394 e. The lowest BCUT2D eigenvalue weighted by Crippen LogP contribution is -2.47. The molecular weight excluding hydrogens is 374 g/mol. The number of hydrogen-bond acceptors (Lipinski definition) is 7. The van der Waals surface area contributed by atoms with Crippen LogP contribution in [0.15, 0.2) is 24.3 Å². The Kier molecular flexibility index (Phi) is 12.7. The first kappa shape index (κ1) is 25.5. The van der Waals surface area contributed by atoms with Gasteiger partial charge >= 0.3 is 0 Å². The van der Waals surface area contributed by atoms with E-state index in [1.165, 1.54) is 0 Å². The molecule has 1 aromatic carbocycles. The Morgan fingerprint density at radius 1 is 1.07 bits per heavy atom. The highest BCUT2D eigenvalue weighted by Crippen LogP contribution is 2.07. The van der Waals surface area contributed by atoms with Gasteiger partial charge in [0, 0.05) is 31.7 Å².